The second kappa shape index (κ2) is 5.66. The maximum Gasteiger partial charge on any atom is 0.146 e. The van der Waals surface area contributed by atoms with Crippen molar-refractivity contribution in [3.8, 4) is 0 Å². The summed E-state index contributed by atoms with van der Waals surface area (Å²) in [5.41, 5.74) is 4.87. The predicted octanol–water partition coefficient (Wildman–Crippen LogP) is 3.61. The summed E-state index contributed by atoms with van der Waals surface area (Å²) in [6.45, 7) is 5.35. The molecule has 2 nitrogen and oxygen atoms in total. The quantitative estimate of drug-likeness (QED) is 0.435. The van der Waals surface area contributed by atoms with Gasteiger partial charge in [0, 0.05) is 11.8 Å². The number of hydrogen-bond donors (Lipinski definition) is 2. The molecule has 3 N–H and O–H groups in total. The van der Waals surface area contributed by atoms with Crippen molar-refractivity contribution in [2.75, 3.05) is 5.73 Å². The summed E-state index contributed by atoms with van der Waals surface area (Å²) in [6.07, 6.45) is 0. The van der Waals surface area contributed by atoms with Gasteiger partial charge in [0.1, 0.15) is 16.7 Å². The molecule has 0 fully saturated rings. The van der Waals surface area contributed by atoms with Gasteiger partial charge in [-0.3, -0.25) is 0 Å². The molecule has 0 amide bonds. The first-order valence-electron chi connectivity index (χ1n) is 4.43. The maximum atomic E-state index is 13.0. The summed E-state index contributed by atoms with van der Waals surface area (Å²) in [5.74, 6) is -1.78. The number of rotatable bonds is 1. The number of nitrogens with one attached hydrogen (secondary N) is 1. The van der Waals surface area contributed by atoms with Gasteiger partial charge >= 0.3 is 0 Å². The Balaban J connectivity index is 0.000000921. The monoisotopic (exact) mass is 234 g/mol. The molecule has 0 saturated heterocycles. The van der Waals surface area contributed by atoms with Crippen molar-refractivity contribution >= 4 is 23.0 Å². The van der Waals surface area contributed by atoms with Gasteiger partial charge in [-0.25, -0.2) is 8.78 Å². The first kappa shape index (κ1) is 13.8. The van der Waals surface area contributed by atoms with Crippen LogP contribution in [0.4, 0.5) is 14.5 Å². The van der Waals surface area contributed by atoms with Crippen LogP contribution in [0.25, 0.3) is 0 Å². The van der Waals surface area contributed by atoms with E-state index in [-0.39, 0.29) is 22.0 Å². The van der Waals surface area contributed by atoms with Crippen molar-refractivity contribution in [1.29, 1.82) is 5.41 Å². The third-order valence-electron chi connectivity index (χ3n) is 1.58. The average molecular weight is 235 g/mol. The van der Waals surface area contributed by atoms with E-state index in [4.69, 9.17) is 22.7 Å². The van der Waals surface area contributed by atoms with Crippen LogP contribution in [-0.4, -0.2) is 5.71 Å². The van der Waals surface area contributed by atoms with E-state index in [0.717, 1.165) is 0 Å². The van der Waals surface area contributed by atoms with Crippen LogP contribution < -0.4 is 5.73 Å². The highest BCUT2D eigenvalue weighted by molar-refractivity contribution is 6.34. The first-order valence-corrected chi connectivity index (χ1v) is 4.81. The normalized spacial score (nSPS) is 9.20. The number of nitrogen functional groups attached to an aromatic ring is 1. The van der Waals surface area contributed by atoms with E-state index < -0.39 is 11.6 Å². The fourth-order valence-corrected chi connectivity index (χ4v) is 1.14. The average Bonchev–Trinajstić information content (AvgIpc) is 2.17. The van der Waals surface area contributed by atoms with Crippen molar-refractivity contribution in [3.05, 3.63) is 28.3 Å². The lowest BCUT2D eigenvalue weighted by Crippen LogP contribution is -2.05. The van der Waals surface area contributed by atoms with E-state index in [1.54, 1.807) is 0 Å². The summed E-state index contributed by atoms with van der Waals surface area (Å²) in [4.78, 5) is 0. The van der Waals surface area contributed by atoms with E-state index in [9.17, 15) is 8.78 Å². The van der Waals surface area contributed by atoms with Gasteiger partial charge in [0.2, 0.25) is 0 Å². The zero-order valence-corrected chi connectivity index (χ0v) is 9.54. The molecule has 0 spiro atoms. The minimum absolute atomic E-state index is 0.0862. The van der Waals surface area contributed by atoms with Gasteiger partial charge in [-0.1, -0.05) is 25.4 Å². The number of nitrogens with two attached hydrogens (primary N) is 1. The van der Waals surface area contributed by atoms with Gasteiger partial charge in [0.05, 0.1) is 11.3 Å². The van der Waals surface area contributed by atoms with Gasteiger partial charge in [-0.15, -0.1) is 0 Å². The molecule has 15 heavy (non-hydrogen) atoms. The van der Waals surface area contributed by atoms with Crippen molar-refractivity contribution in [3.63, 3.8) is 0 Å². The van der Waals surface area contributed by atoms with Crippen molar-refractivity contribution < 1.29 is 8.78 Å². The number of benzene rings is 1. The Bertz CT molecular complexity index is 378. The third kappa shape index (κ3) is 2.89. The smallest absolute Gasteiger partial charge is 0.146 e. The van der Waals surface area contributed by atoms with E-state index in [1.807, 2.05) is 13.8 Å². The Labute approximate surface area is 92.6 Å². The van der Waals surface area contributed by atoms with Crippen LogP contribution in [-0.2, 0) is 0 Å². The highest BCUT2D eigenvalue weighted by atomic mass is 35.5. The summed E-state index contributed by atoms with van der Waals surface area (Å²) < 4.78 is 25.8. The Morgan fingerprint density at radius 3 is 2.20 bits per heavy atom. The largest absolute Gasteiger partial charge is 0.397 e. The molecule has 0 radical (unpaired) electrons. The Kier molecular flexibility index (Phi) is 5.22. The van der Waals surface area contributed by atoms with E-state index in [2.05, 4.69) is 0 Å². The van der Waals surface area contributed by atoms with Crippen molar-refractivity contribution in [1.82, 2.24) is 0 Å². The SMILES string of the molecule is CC.CC(=N)c1c(F)cc(F)c(Cl)c1N. The number of anilines is 1. The molecule has 1 aromatic carbocycles. The maximum absolute atomic E-state index is 13.0. The highest BCUT2D eigenvalue weighted by Gasteiger charge is 2.15. The highest BCUT2D eigenvalue weighted by Crippen LogP contribution is 2.28. The molecule has 0 aromatic heterocycles. The third-order valence-corrected chi connectivity index (χ3v) is 1.97. The molecule has 1 rings (SSSR count). The summed E-state index contributed by atoms with van der Waals surface area (Å²) in [6, 6.07) is 0.617. The van der Waals surface area contributed by atoms with Crippen LogP contribution in [0.15, 0.2) is 6.07 Å². The second-order valence-corrected chi connectivity index (χ2v) is 2.95. The van der Waals surface area contributed by atoms with E-state index in [0.29, 0.717) is 6.07 Å². The summed E-state index contributed by atoms with van der Waals surface area (Å²) in [7, 11) is 0. The fourth-order valence-electron chi connectivity index (χ4n) is 0.995. The van der Waals surface area contributed by atoms with Crippen LogP contribution in [0.5, 0.6) is 0 Å². The minimum Gasteiger partial charge on any atom is -0.397 e. The lowest BCUT2D eigenvalue weighted by molar-refractivity contribution is 0.583. The molecule has 0 aliphatic rings. The first-order chi connectivity index (χ1) is 6.95. The molecular weight excluding hydrogens is 222 g/mol. The van der Waals surface area contributed by atoms with Crippen LogP contribution in [0.3, 0.4) is 0 Å². The molecule has 1 aromatic rings. The predicted molar refractivity (Wildman–Crippen MR) is 59.6 cm³/mol. The Morgan fingerprint density at radius 1 is 1.33 bits per heavy atom. The molecule has 5 heteroatoms. The standard InChI is InChI=1S/C8H7ClF2N2.C2H6/c1-3(12)6-4(10)2-5(11)7(9)8(6)13;1-2/h2,12H,13H2,1H3;1-2H3. The minimum atomic E-state index is -0.915. The van der Waals surface area contributed by atoms with E-state index >= 15 is 0 Å². The van der Waals surface area contributed by atoms with Gasteiger partial charge in [-0.05, 0) is 6.92 Å². The zero-order valence-electron chi connectivity index (χ0n) is 8.79. The fraction of sp³-hybridized carbons (Fsp3) is 0.300. The van der Waals surface area contributed by atoms with Crippen molar-refractivity contribution in [2.24, 2.45) is 0 Å². The zero-order chi connectivity index (χ0) is 12.2. The topological polar surface area (TPSA) is 49.9 Å². The second-order valence-electron chi connectivity index (χ2n) is 2.57. The Hall–Kier alpha value is -1.16. The van der Waals surface area contributed by atoms with Gasteiger partial charge < -0.3 is 11.1 Å². The van der Waals surface area contributed by atoms with Gasteiger partial charge in [-0.2, -0.15) is 0 Å². The molecule has 0 unspecified atom stereocenters. The molecule has 0 heterocycles. The molecule has 0 aliphatic carbocycles. The molecule has 0 atom stereocenters. The van der Waals surface area contributed by atoms with Crippen LogP contribution >= 0.6 is 11.6 Å². The molecule has 0 aliphatic heterocycles. The van der Waals surface area contributed by atoms with Gasteiger partial charge in [0.15, 0.2) is 0 Å². The molecule has 0 saturated carbocycles. The summed E-state index contributed by atoms with van der Waals surface area (Å²) >= 11 is 5.44. The molecule has 84 valence electrons. The number of halogens is 3. The van der Waals surface area contributed by atoms with Crippen LogP contribution in [0, 0.1) is 17.0 Å². The van der Waals surface area contributed by atoms with Crippen molar-refractivity contribution in [2.45, 2.75) is 20.8 Å². The van der Waals surface area contributed by atoms with Crippen LogP contribution in [0.1, 0.15) is 26.3 Å². The lowest BCUT2D eigenvalue weighted by Gasteiger charge is -2.07. The van der Waals surface area contributed by atoms with Gasteiger partial charge in [0.25, 0.3) is 0 Å². The lowest BCUT2D eigenvalue weighted by atomic mass is 10.1. The number of hydrogen-bond acceptors (Lipinski definition) is 2. The van der Waals surface area contributed by atoms with Crippen LogP contribution in [0.2, 0.25) is 5.02 Å². The van der Waals surface area contributed by atoms with E-state index in [1.165, 1.54) is 6.92 Å². The molecular formula is C10H13ClF2N2. The summed E-state index contributed by atoms with van der Waals surface area (Å²) in [5, 5.41) is 6.84. The Morgan fingerprint density at radius 2 is 1.80 bits per heavy atom. The molecule has 0 bridgehead atoms.